The first-order valence-corrected chi connectivity index (χ1v) is 8.01. The zero-order chi connectivity index (χ0) is 14.6. The van der Waals surface area contributed by atoms with Crippen LogP contribution in [0.5, 0.6) is 0 Å². The Morgan fingerprint density at radius 3 is 2.70 bits per heavy atom. The van der Waals surface area contributed by atoms with Gasteiger partial charge in [0.1, 0.15) is 12.4 Å². The van der Waals surface area contributed by atoms with Crippen LogP contribution in [-0.2, 0) is 21.4 Å². The minimum atomic E-state index is -3.69. The fourth-order valence-corrected chi connectivity index (χ4v) is 3.30. The standard InChI is InChI=1S/C12H20N2O5S/c1-10(8-14-4-6-18-7-5-14)13-20(16,17)12-3-2-11(9-15)19-12/h2-3,10,13,15H,4-9H2,1H3. The van der Waals surface area contributed by atoms with Crippen LogP contribution < -0.4 is 4.72 Å². The molecular weight excluding hydrogens is 284 g/mol. The van der Waals surface area contributed by atoms with Gasteiger partial charge in [0.25, 0.3) is 10.0 Å². The van der Waals surface area contributed by atoms with Crippen LogP contribution >= 0.6 is 0 Å². The topological polar surface area (TPSA) is 92.0 Å². The molecule has 0 aromatic carbocycles. The van der Waals surface area contributed by atoms with E-state index in [1.807, 2.05) is 6.92 Å². The van der Waals surface area contributed by atoms with Crippen LogP contribution in [0, 0.1) is 0 Å². The smallest absolute Gasteiger partial charge is 0.274 e. The van der Waals surface area contributed by atoms with Gasteiger partial charge in [0, 0.05) is 25.7 Å². The van der Waals surface area contributed by atoms with Crippen molar-refractivity contribution in [3.8, 4) is 0 Å². The Morgan fingerprint density at radius 1 is 1.40 bits per heavy atom. The Morgan fingerprint density at radius 2 is 2.10 bits per heavy atom. The Kier molecular flexibility index (Phi) is 5.17. The highest BCUT2D eigenvalue weighted by Gasteiger charge is 2.23. The molecule has 0 aliphatic carbocycles. The second-order valence-corrected chi connectivity index (χ2v) is 6.46. The molecule has 1 unspecified atom stereocenters. The fraction of sp³-hybridized carbons (Fsp3) is 0.667. The van der Waals surface area contributed by atoms with E-state index in [4.69, 9.17) is 14.3 Å². The molecule has 0 bridgehead atoms. The number of morpholine rings is 1. The molecule has 2 rings (SSSR count). The third kappa shape index (κ3) is 4.03. The van der Waals surface area contributed by atoms with Gasteiger partial charge in [-0.25, -0.2) is 13.1 Å². The van der Waals surface area contributed by atoms with Crippen LogP contribution in [0.4, 0.5) is 0 Å². The van der Waals surface area contributed by atoms with E-state index >= 15 is 0 Å². The number of rotatable bonds is 6. The van der Waals surface area contributed by atoms with Gasteiger partial charge in [0.15, 0.2) is 0 Å². The summed E-state index contributed by atoms with van der Waals surface area (Å²) in [6, 6.07) is 2.55. The predicted octanol–water partition coefficient (Wildman–Crippen LogP) is -0.229. The SMILES string of the molecule is CC(CN1CCOCC1)NS(=O)(=O)c1ccc(CO)o1. The summed E-state index contributed by atoms with van der Waals surface area (Å²) in [5.74, 6) is 0.228. The van der Waals surface area contributed by atoms with Crippen molar-refractivity contribution in [2.24, 2.45) is 0 Å². The van der Waals surface area contributed by atoms with Gasteiger partial charge in [-0.2, -0.15) is 0 Å². The maximum atomic E-state index is 12.1. The first-order chi connectivity index (χ1) is 9.51. The van der Waals surface area contributed by atoms with Crippen molar-refractivity contribution < 1.29 is 22.7 Å². The third-order valence-electron chi connectivity index (χ3n) is 3.05. The van der Waals surface area contributed by atoms with Crippen molar-refractivity contribution in [3.05, 3.63) is 17.9 Å². The molecule has 20 heavy (non-hydrogen) atoms. The number of sulfonamides is 1. The van der Waals surface area contributed by atoms with E-state index in [2.05, 4.69) is 9.62 Å². The summed E-state index contributed by atoms with van der Waals surface area (Å²) in [5, 5.41) is 8.72. The lowest BCUT2D eigenvalue weighted by Gasteiger charge is -2.29. The maximum Gasteiger partial charge on any atom is 0.274 e. The van der Waals surface area contributed by atoms with Gasteiger partial charge in [-0.1, -0.05) is 0 Å². The first kappa shape index (κ1) is 15.5. The molecule has 7 nitrogen and oxygen atoms in total. The zero-order valence-corrected chi connectivity index (χ0v) is 12.2. The van der Waals surface area contributed by atoms with Crippen LogP contribution in [0.25, 0.3) is 0 Å². The van der Waals surface area contributed by atoms with Crippen molar-refractivity contribution in [3.63, 3.8) is 0 Å². The molecule has 0 saturated carbocycles. The highest BCUT2D eigenvalue weighted by atomic mass is 32.2. The molecule has 1 saturated heterocycles. The second-order valence-electron chi connectivity index (χ2n) is 4.81. The number of hydrogen-bond acceptors (Lipinski definition) is 6. The summed E-state index contributed by atoms with van der Waals surface area (Å²) in [5.41, 5.74) is 0. The van der Waals surface area contributed by atoms with Crippen molar-refractivity contribution >= 4 is 10.0 Å². The highest BCUT2D eigenvalue weighted by molar-refractivity contribution is 7.89. The lowest BCUT2D eigenvalue weighted by Crippen LogP contribution is -2.45. The third-order valence-corrected chi connectivity index (χ3v) is 4.51. The molecule has 1 aliphatic rings. The van der Waals surface area contributed by atoms with Crippen LogP contribution in [0.2, 0.25) is 0 Å². The van der Waals surface area contributed by atoms with E-state index in [0.717, 1.165) is 13.1 Å². The van der Waals surface area contributed by atoms with E-state index in [1.165, 1.54) is 12.1 Å². The summed E-state index contributed by atoms with van der Waals surface area (Å²) in [6.45, 7) is 5.08. The maximum absolute atomic E-state index is 12.1. The molecule has 0 radical (unpaired) electrons. The molecule has 1 fully saturated rings. The first-order valence-electron chi connectivity index (χ1n) is 6.53. The summed E-state index contributed by atoms with van der Waals surface area (Å²) in [7, 11) is -3.69. The number of hydrogen-bond donors (Lipinski definition) is 2. The second kappa shape index (κ2) is 6.68. The normalized spacial score (nSPS) is 19.1. The van der Waals surface area contributed by atoms with E-state index in [9.17, 15) is 8.42 Å². The molecule has 114 valence electrons. The van der Waals surface area contributed by atoms with Gasteiger partial charge in [0.05, 0.1) is 13.2 Å². The number of nitrogens with zero attached hydrogens (tertiary/aromatic N) is 1. The summed E-state index contributed by atoms with van der Waals surface area (Å²) < 4.78 is 37.0. The van der Waals surface area contributed by atoms with Gasteiger partial charge < -0.3 is 14.3 Å². The van der Waals surface area contributed by atoms with E-state index < -0.39 is 10.0 Å². The summed E-state index contributed by atoms with van der Waals surface area (Å²) in [4.78, 5) is 2.15. The minimum absolute atomic E-state index is 0.171. The fourth-order valence-electron chi connectivity index (χ4n) is 2.12. The summed E-state index contributed by atoms with van der Waals surface area (Å²) >= 11 is 0. The largest absolute Gasteiger partial charge is 0.446 e. The molecule has 0 amide bonds. The Balaban J connectivity index is 1.93. The van der Waals surface area contributed by atoms with E-state index in [0.29, 0.717) is 19.8 Å². The van der Waals surface area contributed by atoms with Crippen molar-refractivity contribution in [1.29, 1.82) is 0 Å². The molecule has 1 aromatic rings. The Labute approximate surface area is 118 Å². The monoisotopic (exact) mass is 304 g/mol. The predicted molar refractivity (Wildman–Crippen MR) is 71.7 cm³/mol. The molecular formula is C12H20N2O5S. The molecule has 1 atom stereocenters. The number of ether oxygens (including phenoxy) is 1. The van der Waals surface area contributed by atoms with Gasteiger partial charge in [-0.15, -0.1) is 0 Å². The van der Waals surface area contributed by atoms with Crippen LogP contribution in [0.15, 0.2) is 21.6 Å². The Bertz CT molecular complexity index is 522. The lowest BCUT2D eigenvalue weighted by molar-refractivity contribution is 0.0354. The van der Waals surface area contributed by atoms with Crippen LogP contribution in [-0.4, -0.2) is 57.3 Å². The summed E-state index contributed by atoms with van der Waals surface area (Å²) in [6.07, 6.45) is 0. The molecule has 8 heteroatoms. The number of aliphatic hydroxyl groups excluding tert-OH is 1. The van der Waals surface area contributed by atoms with Crippen LogP contribution in [0.3, 0.4) is 0 Å². The van der Waals surface area contributed by atoms with Gasteiger partial charge in [0.2, 0.25) is 5.09 Å². The van der Waals surface area contributed by atoms with Crippen molar-refractivity contribution in [2.45, 2.75) is 24.7 Å². The lowest BCUT2D eigenvalue weighted by atomic mass is 10.3. The molecule has 1 aliphatic heterocycles. The zero-order valence-electron chi connectivity index (χ0n) is 11.4. The average molecular weight is 304 g/mol. The molecule has 2 heterocycles. The molecule has 0 spiro atoms. The van der Waals surface area contributed by atoms with Crippen molar-refractivity contribution in [1.82, 2.24) is 9.62 Å². The van der Waals surface area contributed by atoms with E-state index in [-0.39, 0.29) is 23.5 Å². The molecule has 1 aromatic heterocycles. The van der Waals surface area contributed by atoms with Gasteiger partial charge >= 0.3 is 0 Å². The Hall–Kier alpha value is -0.930. The highest BCUT2D eigenvalue weighted by Crippen LogP contribution is 2.14. The number of nitrogens with one attached hydrogen (secondary N) is 1. The quantitative estimate of drug-likeness (QED) is 0.754. The minimum Gasteiger partial charge on any atom is -0.446 e. The van der Waals surface area contributed by atoms with Crippen LogP contribution in [0.1, 0.15) is 12.7 Å². The number of furan rings is 1. The van der Waals surface area contributed by atoms with E-state index in [1.54, 1.807) is 0 Å². The van der Waals surface area contributed by atoms with Gasteiger partial charge in [-0.05, 0) is 19.1 Å². The average Bonchev–Trinajstić information content (AvgIpc) is 2.88. The van der Waals surface area contributed by atoms with Gasteiger partial charge in [-0.3, -0.25) is 4.90 Å². The molecule has 2 N–H and O–H groups in total. The number of aliphatic hydroxyl groups is 1. The van der Waals surface area contributed by atoms with Crippen molar-refractivity contribution in [2.75, 3.05) is 32.8 Å².